The largest absolute Gasteiger partial charge is 0.467 e. The van der Waals surface area contributed by atoms with Gasteiger partial charge in [0.05, 0.1) is 12.3 Å². The van der Waals surface area contributed by atoms with Crippen molar-refractivity contribution in [1.82, 2.24) is 10.2 Å². The van der Waals surface area contributed by atoms with Crippen LogP contribution in [0.5, 0.6) is 0 Å². The van der Waals surface area contributed by atoms with Gasteiger partial charge in [0.1, 0.15) is 10.8 Å². The second-order valence-corrected chi connectivity index (χ2v) is 7.13. The van der Waals surface area contributed by atoms with Gasteiger partial charge < -0.3 is 9.32 Å². The van der Waals surface area contributed by atoms with Crippen LogP contribution in [0.4, 0.5) is 5.13 Å². The van der Waals surface area contributed by atoms with Crippen molar-refractivity contribution in [2.75, 3.05) is 11.4 Å². The summed E-state index contributed by atoms with van der Waals surface area (Å²) in [6, 6.07) is 12.1. The van der Waals surface area contributed by atoms with Crippen LogP contribution in [0.15, 0.2) is 47.1 Å². The topological polar surface area (TPSA) is 42.2 Å². The molecule has 0 spiro atoms. The third kappa shape index (κ3) is 3.12. The van der Waals surface area contributed by atoms with Gasteiger partial charge in [0.2, 0.25) is 5.13 Å². The standard InChI is InChI=1S/C17H16ClN3OS/c18-13-7-5-12(6-8-13)11-16-19-20-17(23-16)21-9-1-3-14(21)15-4-2-10-22-15/h2,4-8,10,14H,1,3,9,11H2. The normalized spacial score (nSPS) is 17.8. The molecule has 4 nitrogen and oxygen atoms in total. The summed E-state index contributed by atoms with van der Waals surface area (Å²) in [5, 5.41) is 11.5. The van der Waals surface area contributed by atoms with E-state index in [9.17, 15) is 0 Å². The van der Waals surface area contributed by atoms with E-state index < -0.39 is 0 Å². The Morgan fingerprint density at radius 1 is 1.22 bits per heavy atom. The minimum atomic E-state index is 0.279. The average molecular weight is 346 g/mol. The number of halogens is 1. The van der Waals surface area contributed by atoms with Crippen LogP contribution in [0.2, 0.25) is 5.02 Å². The Balaban J connectivity index is 1.52. The summed E-state index contributed by atoms with van der Waals surface area (Å²) in [6.07, 6.45) is 4.77. The molecule has 3 heterocycles. The van der Waals surface area contributed by atoms with Crippen LogP contribution in [0.3, 0.4) is 0 Å². The Bertz CT molecular complexity index is 770. The Morgan fingerprint density at radius 2 is 2.09 bits per heavy atom. The van der Waals surface area contributed by atoms with Crippen LogP contribution in [-0.2, 0) is 6.42 Å². The van der Waals surface area contributed by atoms with E-state index in [1.807, 2.05) is 36.4 Å². The molecule has 1 aromatic carbocycles. The van der Waals surface area contributed by atoms with Crippen molar-refractivity contribution >= 4 is 28.1 Å². The summed E-state index contributed by atoms with van der Waals surface area (Å²) in [4.78, 5) is 2.31. The lowest BCUT2D eigenvalue weighted by Gasteiger charge is -2.21. The fourth-order valence-electron chi connectivity index (χ4n) is 2.98. The van der Waals surface area contributed by atoms with Crippen molar-refractivity contribution in [2.45, 2.75) is 25.3 Å². The number of furan rings is 1. The van der Waals surface area contributed by atoms with E-state index in [0.717, 1.165) is 46.7 Å². The second kappa shape index (κ2) is 6.34. The number of aromatic nitrogens is 2. The minimum Gasteiger partial charge on any atom is -0.467 e. The quantitative estimate of drug-likeness (QED) is 0.686. The van der Waals surface area contributed by atoms with Crippen molar-refractivity contribution in [3.8, 4) is 0 Å². The van der Waals surface area contributed by atoms with Crippen LogP contribution in [0, 0.1) is 0 Å². The molecule has 1 aliphatic heterocycles. The Morgan fingerprint density at radius 3 is 2.87 bits per heavy atom. The lowest BCUT2D eigenvalue weighted by Crippen LogP contribution is -2.21. The van der Waals surface area contributed by atoms with E-state index >= 15 is 0 Å². The maximum atomic E-state index is 5.93. The van der Waals surface area contributed by atoms with Gasteiger partial charge >= 0.3 is 0 Å². The zero-order valence-electron chi connectivity index (χ0n) is 12.5. The molecule has 0 aliphatic carbocycles. The number of benzene rings is 1. The summed E-state index contributed by atoms with van der Waals surface area (Å²) in [5.41, 5.74) is 1.20. The zero-order valence-corrected chi connectivity index (χ0v) is 14.1. The lowest BCUT2D eigenvalue weighted by atomic mass is 10.2. The molecular formula is C17H16ClN3OS. The van der Waals surface area contributed by atoms with Gasteiger partial charge in [-0.05, 0) is 42.7 Å². The fraction of sp³-hybridized carbons (Fsp3) is 0.294. The van der Waals surface area contributed by atoms with Gasteiger partial charge in [-0.3, -0.25) is 0 Å². The van der Waals surface area contributed by atoms with Gasteiger partial charge in [0, 0.05) is 18.0 Å². The van der Waals surface area contributed by atoms with E-state index in [2.05, 4.69) is 15.1 Å². The fourth-order valence-corrected chi connectivity index (χ4v) is 4.06. The predicted molar refractivity (Wildman–Crippen MR) is 92.2 cm³/mol. The molecule has 1 atom stereocenters. The smallest absolute Gasteiger partial charge is 0.208 e. The first kappa shape index (κ1) is 14.7. The molecule has 0 amide bonds. The number of hydrogen-bond acceptors (Lipinski definition) is 5. The first-order chi connectivity index (χ1) is 11.3. The predicted octanol–water partition coefficient (Wildman–Crippen LogP) is 4.72. The Labute approximate surface area is 143 Å². The van der Waals surface area contributed by atoms with Gasteiger partial charge in [-0.1, -0.05) is 35.1 Å². The minimum absolute atomic E-state index is 0.279. The van der Waals surface area contributed by atoms with Gasteiger partial charge in [-0.25, -0.2) is 0 Å². The summed E-state index contributed by atoms with van der Waals surface area (Å²) in [5.74, 6) is 1.01. The monoisotopic (exact) mass is 345 g/mol. The summed E-state index contributed by atoms with van der Waals surface area (Å²) >= 11 is 7.59. The highest BCUT2D eigenvalue weighted by molar-refractivity contribution is 7.15. The van der Waals surface area contributed by atoms with Crippen molar-refractivity contribution in [3.63, 3.8) is 0 Å². The number of rotatable bonds is 4. The third-order valence-electron chi connectivity index (χ3n) is 4.09. The number of anilines is 1. The molecule has 0 saturated carbocycles. The van der Waals surface area contributed by atoms with E-state index in [1.165, 1.54) is 5.56 Å². The molecule has 1 unspecified atom stereocenters. The maximum Gasteiger partial charge on any atom is 0.208 e. The highest BCUT2D eigenvalue weighted by Crippen LogP contribution is 2.37. The summed E-state index contributed by atoms with van der Waals surface area (Å²) in [6.45, 7) is 1.00. The summed E-state index contributed by atoms with van der Waals surface area (Å²) in [7, 11) is 0. The van der Waals surface area contributed by atoms with Crippen molar-refractivity contribution in [2.24, 2.45) is 0 Å². The third-order valence-corrected chi connectivity index (χ3v) is 5.31. The van der Waals surface area contributed by atoms with Crippen LogP contribution >= 0.6 is 22.9 Å². The van der Waals surface area contributed by atoms with Gasteiger partial charge in [-0.2, -0.15) is 0 Å². The highest BCUT2D eigenvalue weighted by Gasteiger charge is 2.30. The molecule has 1 saturated heterocycles. The molecule has 1 fully saturated rings. The van der Waals surface area contributed by atoms with Gasteiger partial charge in [0.15, 0.2) is 0 Å². The molecule has 118 valence electrons. The molecule has 4 rings (SSSR count). The van der Waals surface area contributed by atoms with E-state index in [-0.39, 0.29) is 6.04 Å². The Hall–Kier alpha value is -1.85. The van der Waals surface area contributed by atoms with Crippen LogP contribution < -0.4 is 4.90 Å². The lowest BCUT2D eigenvalue weighted by molar-refractivity contribution is 0.465. The van der Waals surface area contributed by atoms with Crippen LogP contribution in [0.1, 0.15) is 35.2 Å². The molecule has 0 radical (unpaired) electrons. The molecule has 23 heavy (non-hydrogen) atoms. The summed E-state index contributed by atoms with van der Waals surface area (Å²) < 4.78 is 5.59. The number of nitrogens with zero attached hydrogens (tertiary/aromatic N) is 3. The van der Waals surface area contributed by atoms with E-state index in [4.69, 9.17) is 16.0 Å². The van der Waals surface area contributed by atoms with Crippen molar-refractivity contribution in [1.29, 1.82) is 0 Å². The van der Waals surface area contributed by atoms with Gasteiger partial charge in [0.25, 0.3) is 0 Å². The van der Waals surface area contributed by atoms with Gasteiger partial charge in [-0.15, -0.1) is 10.2 Å². The van der Waals surface area contributed by atoms with Crippen LogP contribution in [-0.4, -0.2) is 16.7 Å². The molecule has 2 aromatic heterocycles. The highest BCUT2D eigenvalue weighted by atomic mass is 35.5. The van der Waals surface area contributed by atoms with E-state index in [0.29, 0.717) is 0 Å². The first-order valence-electron chi connectivity index (χ1n) is 7.66. The first-order valence-corrected chi connectivity index (χ1v) is 8.86. The van der Waals surface area contributed by atoms with E-state index in [1.54, 1.807) is 17.6 Å². The Kier molecular flexibility index (Phi) is 4.06. The van der Waals surface area contributed by atoms with Crippen LogP contribution in [0.25, 0.3) is 0 Å². The number of hydrogen-bond donors (Lipinski definition) is 0. The molecule has 6 heteroatoms. The zero-order chi connectivity index (χ0) is 15.6. The second-order valence-electron chi connectivity index (χ2n) is 5.65. The SMILES string of the molecule is Clc1ccc(Cc2nnc(N3CCCC3c3ccco3)s2)cc1. The molecule has 1 aliphatic rings. The molecule has 0 bridgehead atoms. The molecule has 3 aromatic rings. The maximum absolute atomic E-state index is 5.93. The molecular weight excluding hydrogens is 330 g/mol. The van der Waals surface area contributed by atoms with Crippen molar-refractivity contribution < 1.29 is 4.42 Å². The molecule has 0 N–H and O–H groups in total. The average Bonchev–Trinajstić information content (AvgIpc) is 3.30. The van der Waals surface area contributed by atoms with Crippen molar-refractivity contribution in [3.05, 3.63) is 64.0 Å².